The summed E-state index contributed by atoms with van der Waals surface area (Å²) in [6, 6.07) is 12.5. The van der Waals surface area contributed by atoms with Crippen molar-refractivity contribution < 1.29 is 18.0 Å². The molecular formula is C18H12F3N3O. The molecule has 0 unspecified atom stereocenters. The van der Waals surface area contributed by atoms with E-state index < -0.39 is 17.6 Å². The first kappa shape index (κ1) is 16.6. The third-order valence-electron chi connectivity index (χ3n) is 3.47. The van der Waals surface area contributed by atoms with Gasteiger partial charge in [-0.1, -0.05) is 18.2 Å². The minimum atomic E-state index is -4.46. The molecule has 0 spiro atoms. The van der Waals surface area contributed by atoms with Gasteiger partial charge in [0.05, 0.1) is 5.56 Å². The van der Waals surface area contributed by atoms with Crippen molar-refractivity contribution in [2.45, 2.75) is 6.18 Å². The molecule has 0 bridgehead atoms. The van der Waals surface area contributed by atoms with Crippen molar-refractivity contribution in [1.29, 1.82) is 0 Å². The highest BCUT2D eigenvalue weighted by Crippen LogP contribution is 2.29. The van der Waals surface area contributed by atoms with Crippen LogP contribution in [0.5, 0.6) is 0 Å². The smallest absolute Gasteiger partial charge is 0.307 e. The van der Waals surface area contributed by atoms with Crippen LogP contribution in [0.2, 0.25) is 0 Å². The van der Waals surface area contributed by atoms with E-state index in [0.717, 1.165) is 23.3 Å². The van der Waals surface area contributed by atoms with Gasteiger partial charge in [-0.05, 0) is 41.5 Å². The summed E-state index contributed by atoms with van der Waals surface area (Å²) < 4.78 is 37.5. The summed E-state index contributed by atoms with van der Waals surface area (Å²) in [4.78, 5) is 19.8. The number of nitrogens with one attached hydrogen (secondary N) is 1. The lowest BCUT2D eigenvalue weighted by Crippen LogP contribution is -2.13. The lowest BCUT2D eigenvalue weighted by molar-refractivity contribution is -0.137. The molecule has 2 heterocycles. The Bertz CT molecular complexity index is 861. The second-order valence-corrected chi connectivity index (χ2v) is 5.20. The van der Waals surface area contributed by atoms with Crippen LogP contribution >= 0.6 is 0 Å². The second kappa shape index (κ2) is 6.72. The van der Waals surface area contributed by atoms with E-state index in [0.29, 0.717) is 11.8 Å². The normalized spacial score (nSPS) is 11.2. The highest BCUT2D eigenvalue weighted by atomic mass is 19.4. The van der Waals surface area contributed by atoms with Crippen LogP contribution in [0, 0.1) is 0 Å². The topological polar surface area (TPSA) is 54.9 Å². The van der Waals surface area contributed by atoms with E-state index in [1.54, 1.807) is 36.7 Å². The van der Waals surface area contributed by atoms with Gasteiger partial charge in [-0.3, -0.25) is 9.78 Å². The maximum absolute atomic E-state index is 12.5. The number of anilines is 1. The van der Waals surface area contributed by atoms with Crippen molar-refractivity contribution >= 4 is 11.7 Å². The van der Waals surface area contributed by atoms with Gasteiger partial charge in [-0.25, -0.2) is 4.98 Å². The highest BCUT2D eigenvalue weighted by molar-refractivity contribution is 6.04. The summed E-state index contributed by atoms with van der Waals surface area (Å²) in [5.41, 5.74) is 1.32. The monoisotopic (exact) mass is 343 g/mol. The van der Waals surface area contributed by atoms with Gasteiger partial charge in [0.15, 0.2) is 0 Å². The molecule has 7 heteroatoms. The molecule has 1 aromatic carbocycles. The number of hydrogen-bond donors (Lipinski definition) is 1. The highest BCUT2D eigenvalue weighted by Gasteiger charge is 2.30. The second-order valence-electron chi connectivity index (χ2n) is 5.20. The Kier molecular flexibility index (Phi) is 4.47. The summed E-state index contributed by atoms with van der Waals surface area (Å²) in [6.07, 6.45) is -0.400. The fourth-order valence-electron chi connectivity index (χ4n) is 2.17. The first-order chi connectivity index (χ1) is 11.9. The fourth-order valence-corrected chi connectivity index (χ4v) is 2.17. The van der Waals surface area contributed by atoms with E-state index in [1.165, 1.54) is 0 Å². The number of carbonyl (C=O) groups is 1. The van der Waals surface area contributed by atoms with E-state index >= 15 is 0 Å². The molecule has 0 atom stereocenters. The van der Waals surface area contributed by atoms with Crippen molar-refractivity contribution in [2.75, 3.05) is 5.32 Å². The molecule has 3 rings (SSSR count). The number of rotatable bonds is 3. The zero-order chi connectivity index (χ0) is 17.9. The van der Waals surface area contributed by atoms with Crippen LogP contribution in [-0.2, 0) is 6.18 Å². The molecule has 1 amide bonds. The van der Waals surface area contributed by atoms with Crippen molar-refractivity contribution in [3.63, 3.8) is 0 Å². The molecule has 0 radical (unpaired) electrons. The molecule has 1 N–H and O–H groups in total. The minimum Gasteiger partial charge on any atom is -0.307 e. The number of hydrogen-bond acceptors (Lipinski definition) is 3. The number of nitrogens with zero attached hydrogens (tertiary/aromatic N) is 2. The van der Waals surface area contributed by atoms with E-state index in [1.807, 2.05) is 12.1 Å². The van der Waals surface area contributed by atoms with Crippen LogP contribution in [0.3, 0.4) is 0 Å². The van der Waals surface area contributed by atoms with E-state index in [4.69, 9.17) is 0 Å². The number of carbonyl (C=O) groups excluding carboxylic acids is 1. The SMILES string of the molecule is O=C(Nc1ccc(C(F)(F)F)cn1)c1ccc(-c2cccnc2)cc1. The summed E-state index contributed by atoms with van der Waals surface area (Å²) in [5.74, 6) is -0.403. The van der Waals surface area contributed by atoms with Gasteiger partial charge in [0.2, 0.25) is 0 Å². The molecule has 3 aromatic rings. The number of amides is 1. The Morgan fingerprint density at radius 1 is 0.920 bits per heavy atom. The number of pyridine rings is 2. The van der Waals surface area contributed by atoms with Crippen LogP contribution in [-0.4, -0.2) is 15.9 Å². The number of halogens is 3. The van der Waals surface area contributed by atoms with Gasteiger partial charge in [0, 0.05) is 24.2 Å². The molecule has 0 fully saturated rings. The van der Waals surface area contributed by atoms with Gasteiger partial charge < -0.3 is 5.32 Å². The van der Waals surface area contributed by atoms with Crippen molar-refractivity contribution in [2.24, 2.45) is 0 Å². The Balaban J connectivity index is 1.71. The molecule has 126 valence electrons. The molecule has 0 aliphatic heterocycles. The lowest BCUT2D eigenvalue weighted by Gasteiger charge is -2.08. The summed E-state index contributed by atoms with van der Waals surface area (Å²) in [5, 5.41) is 2.47. The predicted molar refractivity (Wildman–Crippen MR) is 86.9 cm³/mol. The standard InChI is InChI=1S/C18H12F3N3O/c19-18(20,21)15-7-8-16(23-11-15)24-17(25)13-5-3-12(4-6-13)14-2-1-9-22-10-14/h1-11H,(H,23,24,25). The van der Waals surface area contributed by atoms with Crippen LogP contribution in [0.4, 0.5) is 19.0 Å². The molecule has 0 aliphatic rings. The predicted octanol–water partition coefficient (Wildman–Crippen LogP) is 4.41. The molecule has 0 saturated carbocycles. The summed E-state index contributed by atoms with van der Waals surface area (Å²) in [6.45, 7) is 0. The third kappa shape index (κ3) is 4.00. The third-order valence-corrected chi connectivity index (χ3v) is 3.47. The largest absolute Gasteiger partial charge is 0.417 e. The van der Waals surface area contributed by atoms with Gasteiger partial charge >= 0.3 is 6.18 Å². The molecular weight excluding hydrogens is 331 g/mol. The number of benzene rings is 1. The van der Waals surface area contributed by atoms with Gasteiger partial charge in [0.25, 0.3) is 5.91 Å². The van der Waals surface area contributed by atoms with Crippen molar-refractivity contribution in [1.82, 2.24) is 9.97 Å². The zero-order valence-electron chi connectivity index (χ0n) is 12.8. The fraction of sp³-hybridized carbons (Fsp3) is 0.0556. The first-order valence-electron chi connectivity index (χ1n) is 7.28. The van der Waals surface area contributed by atoms with Crippen LogP contribution < -0.4 is 5.32 Å². The average molecular weight is 343 g/mol. The maximum atomic E-state index is 12.5. The van der Waals surface area contributed by atoms with Crippen LogP contribution in [0.15, 0.2) is 67.1 Å². The quantitative estimate of drug-likeness (QED) is 0.766. The van der Waals surface area contributed by atoms with Crippen LogP contribution in [0.1, 0.15) is 15.9 Å². The number of aromatic nitrogens is 2. The van der Waals surface area contributed by atoms with Crippen molar-refractivity contribution in [3.8, 4) is 11.1 Å². The first-order valence-corrected chi connectivity index (χ1v) is 7.28. The molecule has 25 heavy (non-hydrogen) atoms. The number of alkyl halides is 3. The zero-order valence-corrected chi connectivity index (χ0v) is 12.8. The Labute approximate surface area is 141 Å². The molecule has 0 saturated heterocycles. The van der Waals surface area contributed by atoms with Gasteiger partial charge in [-0.2, -0.15) is 13.2 Å². The molecule has 2 aromatic heterocycles. The van der Waals surface area contributed by atoms with Gasteiger partial charge in [0.1, 0.15) is 5.82 Å². The summed E-state index contributed by atoms with van der Waals surface area (Å²) >= 11 is 0. The minimum absolute atomic E-state index is 0.0503. The summed E-state index contributed by atoms with van der Waals surface area (Å²) in [7, 11) is 0. The van der Waals surface area contributed by atoms with Gasteiger partial charge in [-0.15, -0.1) is 0 Å². The molecule has 4 nitrogen and oxygen atoms in total. The Morgan fingerprint density at radius 3 is 2.24 bits per heavy atom. The van der Waals surface area contributed by atoms with E-state index in [9.17, 15) is 18.0 Å². The molecule has 0 aliphatic carbocycles. The lowest BCUT2D eigenvalue weighted by atomic mass is 10.1. The average Bonchev–Trinajstić information content (AvgIpc) is 2.62. The van der Waals surface area contributed by atoms with E-state index in [2.05, 4.69) is 15.3 Å². The Hall–Kier alpha value is -3.22. The van der Waals surface area contributed by atoms with Crippen molar-refractivity contribution in [3.05, 3.63) is 78.2 Å². The Morgan fingerprint density at radius 2 is 1.68 bits per heavy atom. The van der Waals surface area contributed by atoms with Crippen LogP contribution in [0.25, 0.3) is 11.1 Å². The maximum Gasteiger partial charge on any atom is 0.417 e. The van der Waals surface area contributed by atoms with E-state index in [-0.39, 0.29) is 5.82 Å².